The van der Waals surface area contributed by atoms with E-state index in [1.807, 2.05) is 0 Å². The summed E-state index contributed by atoms with van der Waals surface area (Å²) in [5.74, 6) is -1.37. The van der Waals surface area contributed by atoms with Gasteiger partial charge in [-0.3, -0.25) is 0 Å². The number of aliphatic carboxylic acids is 1. The van der Waals surface area contributed by atoms with Crippen molar-refractivity contribution in [3.05, 3.63) is 24.0 Å². The Labute approximate surface area is 108 Å². The third-order valence-corrected chi connectivity index (χ3v) is 2.61. The second kappa shape index (κ2) is 4.93. The number of rotatable bonds is 4. The van der Waals surface area contributed by atoms with E-state index in [-0.39, 0.29) is 22.6 Å². The molecule has 0 saturated carbocycles. The van der Waals surface area contributed by atoms with Gasteiger partial charge in [-0.15, -0.1) is 0 Å². The van der Waals surface area contributed by atoms with Crippen LogP contribution in [0.25, 0.3) is 17.0 Å². The molecule has 6 nitrogen and oxygen atoms in total. The van der Waals surface area contributed by atoms with Gasteiger partial charge in [0, 0.05) is 11.6 Å². The minimum Gasteiger partial charge on any atom is -0.869 e. The summed E-state index contributed by atoms with van der Waals surface area (Å²) in [5, 5.41) is 21.4. The first-order valence-corrected chi connectivity index (χ1v) is 5.33. The third-order valence-electron chi connectivity index (χ3n) is 2.61. The number of carboxylic acids is 1. The average Bonchev–Trinajstić information content (AvgIpc) is 2.84. The van der Waals surface area contributed by atoms with Gasteiger partial charge in [0.1, 0.15) is 5.75 Å². The molecule has 0 radical (unpaired) electrons. The Balaban J connectivity index is 2.79. The number of hydrogen-bond acceptors (Lipinski definition) is 5. The number of carboxylic acid groups (broad SMARTS) is 1. The molecule has 1 aromatic heterocycles. The molecule has 2 rings (SSSR count). The molecule has 1 N–H and O–H groups in total. The zero-order valence-electron chi connectivity index (χ0n) is 10.3. The molecular formula is C13H11O6-. The van der Waals surface area contributed by atoms with Crippen LogP contribution in [-0.2, 0) is 4.79 Å². The van der Waals surface area contributed by atoms with Gasteiger partial charge in [-0.05, 0) is 12.1 Å². The maximum atomic E-state index is 12.2. The maximum absolute atomic E-state index is 12.2. The lowest BCUT2D eigenvalue weighted by molar-refractivity contribution is -0.270. The Kier molecular flexibility index (Phi) is 3.33. The van der Waals surface area contributed by atoms with Crippen molar-refractivity contribution >= 4 is 23.0 Å². The average molecular weight is 263 g/mol. The van der Waals surface area contributed by atoms with Crippen LogP contribution in [0.2, 0.25) is 0 Å². The van der Waals surface area contributed by atoms with E-state index in [4.69, 9.17) is 19.0 Å². The first-order chi connectivity index (χ1) is 9.10. The standard InChI is InChI=1S/C13H12O6/c1-17-11-7(3-4-9(14)15)10(16)13(18-2)12-8(11)5-6-19-12/h3-6,16H,1-2H3,(H,14,15)/p-1/b4-3+. The van der Waals surface area contributed by atoms with E-state index in [9.17, 15) is 9.90 Å². The number of ether oxygens (including phenoxy) is 2. The minimum absolute atomic E-state index is 0.0193. The molecule has 0 unspecified atom stereocenters. The van der Waals surface area contributed by atoms with Crippen LogP contribution in [0.5, 0.6) is 17.2 Å². The summed E-state index contributed by atoms with van der Waals surface area (Å²) >= 11 is 0. The lowest BCUT2D eigenvalue weighted by Gasteiger charge is -2.19. The van der Waals surface area contributed by atoms with Gasteiger partial charge in [-0.25, -0.2) is 4.79 Å². The number of fused-ring (bicyclic) bond motifs is 1. The first-order valence-electron chi connectivity index (χ1n) is 5.33. The van der Waals surface area contributed by atoms with Crippen molar-refractivity contribution in [1.29, 1.82) is 0 Å². The summed E-state index contributed by atoms with van der Waals surface area (Å²) < 4.78 is 15.4. The zero-order chi connectivity index (χ0) is 14.0. The van der Waals surface area contributed by atoms with Crippen LogP contribution in [0.1, 0.15) is 5.56 Å². The Hall–Kier alpha value is -2.63. The van der Waals surface area contributed by atoms with Crippen LogP contribution in [-0.4, -0.2) is 25.3 Å². The van der Waals surface area contributed by atoms with Gasteiger partial charge in [0.25, 0.3) is 0 Å². The Morgan fingerprint density at radius 3 is 2.63 bits per heavy atom. The molecule has 6 heteroatoms. The normalized spacial score (nSPS) is 11.1. The molecule has 0 bridgehead atoms. The Morgan fingerprint density at radius 2 is 2.05 bits per heavy atom. The first kappa shape index (κ1) is 12.8. The highest BCUT2D eigenvalue weighted by Gasteiger charge is 2.16. The minimum atomic E-state index is -1.16. The van der Waals surface area contributed by atoms with Crippen molar-refractivity contribution in [2.75, 3.05) is 14.2 Å². The highest BCUT2D eigenvalue weighted by Crippen LogP contribution is 2.44. The quantitative estimate of drug-likeness (QED) is 0.843. The fourth-order valence-electron chi connectivity index (χ4n) is 1.85. The number of hydrogen-bond donors (Lipinski definition) is 1. The van der Waals surface area contributed by atoms with E-state index in [1.54, 1.807) is 6.07 Å². The summed E-state index contributed by atoms with van der Waals surface area (Å²) in [6, 6.07) is 1.62. The molecule has 19 heavy (non-hydrogen) atoms. The van der Waals surface area contributed by atoms with Crippen LogP contribution in [0, 0.1) is 0 Å². The summed E-state index contributed by atoms with van der Waals surface area (Å²) in [5.41, 5.74) is 0.382. The number of methoxy groups -OCH3 is 2. The predicted molar refractivity (Wildman–Crippen MR) is 65.4 cm³/mol. The van der Waals surface area contributed by atoms with Crippen molar-refractivity contribution in [1.82, 2.24) is 0 Å². The van der Waals surface area contributed by atoms with Crippen molar-refractivity contribution in [3.8, 4) is 17.2 Å². The molecule has 0 spiro atoms. The summed E-state index contributed by atoms with van der Waals surface area (Å²) in [6.07, 6.45) is 3.45. The lowest BCUT2D eigenvalue weighted by Crippen LogP contribution is -2.01. The van der Waals surface area contributed by atoms with E-state index in [1.165, 1.54) is 26.6 Å². The topological polar surface area (TPSA) is 92.0 Å². The molecule has 2 aromatic rings. The predicted octanol–water partition coefficient (Wildman–Crippen LogP) is 1.62. The van der Waals surface area contributed by atoms with Gasteiger partial charge in [-0.1, -0.05) is 5.75 Å². The lowest BCUT2D eigenvalue weighted by atomic mass is 10.1. The van der Waals surface area contributed by atoms with Crippen LogP contribution >= 0.6 is 0 Å². The number of benzene rings is 1. The molecule has 0 aliphatic heterocycles. The van der Waals surface area contributed by atoms with Gasteiger partial charge >= 0.3 is 5.97 Å². The van der Waals surface area contributed by atoms with Crippen LogP contribution in [0.3, 0.4) is 0 Å². The van der Waals surface area contributed by atoms with E-state index in [0.717, 1.165) is 6.08 Å². The molecule has 1 aromatic carbocycles. The van der Waals surface area contributed by atoms with E-state index in [0.29, 0.717) is 5.39 Å². The summed E-state index contributed by atoms with van der Waals surface area (Å²) in [6.45, 7) is 0. The van der Waals surface area contributed by atoms with Crippen LogP contribution in [0.15, 0.2) is 22.8 Å². The largest absolute Gasteiger partial charge is 0.869 e. The van der Waals surface area contributed by atoms with E-state index < -0.39 is 11.7 Å². The van der Waals surface area contributed by atoms with Crippen molar-refractivity contribution in [2.45, 2.75) is 0 Å². The van der Waals surface area contributed by atoms with Crippen LogP contribution in [0.4, 0.5) is 0 Å². The zero-order valence-corrected chi connectivity index (χ0v) is 10.3. The SMILES string of the molecule is COc1c(/C=C/C(=O)O)c([O-])c(OC)c2occc12. The second-order valence-corrected chi connectivity index (χ2v) is 3.64. The smallest absolute Gasteiger partial charge is 0.328 e. The third kappa shape index (κ3) is 2.08. The van der Waals surface area contributed by atoms with Gasteiger partial charge in [0.2, 0.25) is 0 Å². The molecule has 100 valence electrons. The van der Waals surface area contributed by atoms with E-state index >= 15 is 0 Å². The molecule has 0 aliphatic carbocycles. The van der Waals surface area contributed by atoms with Gasteiger partial charge < -0.3 is 24.1 Å². The van der Waals surface area contributed by atoms with Gasteiger partial charge in [0.15, 0.2) is 11.3 Å². The molecule has 0 amide bonds. The molecule has 0 saturated heterocycles. The molecular weight excluding hydrogens is 252 g/mol. The fourth-order valence-corrected chi connectivity index (χ4v) is 1.85. The number of furan rings is 1. The molecule has 0 fully saturated rings. The van der Waals surface area contributed by atoms with Crippen LogP contribution < -0.4 is 14.6 Å². The van der Waals surface area contributed by atoms with Gasteiger partial charge in [0.05, 0.1) is 25.9 Å². The summed E-state index contributed by atoms with van der Waals surface area (Å²) in [7, 11) is 2.74. The highest BCUT2D eigenvalue weighted by atomic mass is 16.5. The maximum Gasteiger partial charge on any atom is 0.328 e. The number of carbonyl (C=O) groups is 1. The molecule has 1 heterocycles. The molecule has 0 atom stereocenters. The van der Waals surface area contributed by atoms with E-state index in [2.05, 4.69) is 0 Å². The molecule has 0 aliphatic rings. The van der Waals surface area contributed by atoms with Gasteiger partial charge in [-0.2, -0.15) is 0 Å². The Morgan fingerprint density at radius 1 is 1.37 bits per heavy atom. The van der Waals surface area contributed by atoms with Crippen molar-refractivity contribution in [2.24, 2.45) is 0 Å². The Bertz CT molecular complexity index is 653. The fraction of sp³-hybridized carbons (Fsp3) is 0.154. The highest BCUT2D eigenvalue weighted by molar-refractivity contribution is 5.97. The second-order valence-electron chi connectivity index (χ2n) is 3.64. The van der Waals surface area contributed by atoms with Crippen molar-refractivity contribution < 1.29 is 28.9 Å². The monoisotopic (exact) mass is 263 g/mol. The van der Waals surface area contributed by atoms with Crippen molar-refractivity contribution in [3.63, 3.8) is 0 Å². The summed E-state index contributed by atoms with van der Waals surface area (Å²) in [4.78, 5) is 10.6.